The standard InChI is InChI=1S/C31H44NSi/c1-10-30(8)29-23(7)20-22(6)21-25(29)27-19-18-24-26(32(27)31(30,9)11-2)16-15-17-28(24)33(12-3,13-4)14-5/h15-21H,10-14H2,1-9H3/q+1. The fraction of sp³-hybridized carbons (Fsp3) is 0.516. The number of rotatable bonds is 6. The highest BCUT2D eigenvalue weighted by Crippen LogP contribution is 2.51. The highest BCUT2D eigenvalue weighted by Gasteiger charge is 2.57. The maximum absolute atomic E-state index is 2.76. The predicted octanol–water partition coefficient (Wildman–Crippen LogP) is 7.93. The first-order chi connectivity index (χ1) is 15.7. The highest BCUT2D eigenvalue weighted by atomic mass is 28.3. The van der Waals surface area contributed by atoms with Crippen molar-refractivity contribution in [1.29, 1.82) is 0 Å². The van der Waals surface area contributed by atoms with E-state index in [1.807, 2.05) is 0 Å². The maximum atomic E-state index is 2.76. The summed E-state index contributed by atoms with van der Waals surface area (Å²) in [4.78, 5) is 0. The number of hydrogen-bond acceptors (Lipinski definition) is 0. The van der Waals surface area contributed by atoms with Crippen LogP contribution in [0.2, 0.25) is 18.1 Å². The molecule has 2 unspecified atom stereocenters. The van der Waals surface area contributed by atoms with Crippen molar-refractivity contribution in [1.82, 2.24) is 0 Å². The van der Waals surface area contributed by atoms with E-state index >= 15 is 0 Å². The summed E-state index contributed by atoms with van der Waals surface area (Å²) in [6, 6.07) is 20.9. The van der Waals surface area contributed by atoms with E-state index in [1.54, 1.807) is 10.8 Å². The van der Waals surface area contributed by atoms with E-state index < -0.39 is 8.07 Å². The van der Waals surface area contributed by atoms with Crippen molar-refractivity contribution < 1.29 is 4.57 Å². The molecule has 2 aromatic carbocycles. The molecule has 3 aromatic rings. The minimum absolute atomic E-state index is 0.0110. The number of hydrogen-bond donors (Lipinski definition) is 0. The molecule has 4 rings (SSSR count). The van der Waals surface area contributed by atoms with Gasteiger partial charge in [0.05, 0.1) is 19.1 Å². The quantitative estimate of drug-likeness (QED) is 0.261. The SMILES string of the molecule is CCC1(C)c2c(C)cc(C)cc2-c2ccc3c([Si](CC)(CC)CC)cccc3[n+]2C1(C)CC. The van der Waals surface area contributed by atoms with Crippen molar-refractivity contribution in [3.8, 4) is 11.3 Å². The molecule has 0 aliphatic carbocycles. The smallest absolute Gasteiger partial charge is 0.185 e. The van der Waals surface area contributed by atoms with Gasteiger partial charge in [-0.3, -0.25) is 0 Å². The van der Waals surface area contributed by atoms with Gasteiger partial charge in [-0.2, -0.15) is 4.57 Å². The topological polar surface area (TPSA) is 3.88 Å². The molecule has 1 aliphatic heterocycles. The summed E-state index contributed by atoms with van der Waals surface area (Å²) >= 11 is 0. The molecule has 0 N–H and O–H groups in total. The third kappa shape index (κ3) is 3.12. The lowest BCUT2D eigenvalue weighted by Crippen LogP contribution is -2.68. The molecule has 0 amide bonds. The fourth-order valence-corrected chi connectivity index (χ4v) is 11.2. The summed E-state index contributed by atoms with van der Waals surface area (Å²) in [5, 5.41) is 3.18. The lowest BCUT2D eigenvalue weighted by molar-refractivity contribution is -0.742. The van der Waals surface area contributed by atoms with Crippen LogP contribution in [0.25, 0.3) is 22.2 Å². The van der Waals surface area contributed by atoms with Crippen molar-refractivity contribution in [2.24, 2.45) is 0 Å². The van der Waals surface area contributed by atoms with Crippen molar-refractivity contribution in [3.63, 3.8) is 0 Å². The minimum atomic E-state index is -1.51. The molecule has 1 aromatic heterocycles. The van der Waals surface area contributed by atoms with E-state index in [0.717, 1.165) is 12.8 Å². The molecule has 0 spiro atoms. The molecule has 0 saturated carbocycles. The predicted molar refractivity (Wildman–Crippen MR) is 147 cm³/mol. The van der Waals surface area contributed by atoms with Gasteiger partial charge in [-0.25, -0.2) is 0 Å². The second kappa shape index (κ2) is 8.38. The zero-order valence-corrected chi connectivity index (χ0v) is 23.5. The second-order valence-corrected chi connectivity index (χ2v) is 16.2. The van der Waals surface area contributed by atoms with Crippen molar-refractivity contribution in [3.05, 3.63) is 59.2 Å². The third-order valence-corrected chi connectivity index (χ3v) is 15.6. The largest absolute Gasteiger partial charge is 0.213 e. The maximum Gasteiger partial charge on any atom is 0.213 e. The number of fused-ring (bicyclic) bond motifs is 5. The van der Waals surface area contributed by atoms with Gasteiger partial charge in [0.2, 0.25) is 11.2 Å². The number of nitrogens with zero attached hydrogens (tertiary/aromatic N) is 1. The summed E-state index contributed by atoms with van der Waals surface area (Å²) < 4.78 is 2.76. The Hall–Kier alpha value is -1.93. The Labute approximate surface area is 203 Å². The summed E-state index contributed by atoms with van der Waals surface area (Å²) in [6.45, 7) is 21.7. The Morgan fingerprint density at radius 1 is 0.818 bits per heavy atom. The first-order valence-corrected chi connectivity index (χ1v) is 15.9. The monoisotopic (exact) mass is 458 g/mol. The molecule has 2 atom stereocenters. The molecular formula is C31H44NSi+. The van der Waals surface area contributed by atoms with Gasteiger partial charge in [-0.1, -0.05) is 76.5 Å². The van der Waals surface area contributed by atoms with Crippen LogP contribution in [0.1, 0.15) is 78.0 Å². The van der Waals surface area contributed by atoms with E-state index in [0.29, 0.717) is 0 Å². The Balaban J connectivity index is 2.20. The van der Waals surface area contributed by atoms with Crippen LogP contribution in [0.5, 0.6) is 0 Å². The van der Waals surface area contributed by atoms with E-state index in [2.05, 4.69) is 109 Å². The van der Waals surface area contributed by atoms with Gasteiger partial charge in [-0.05, 0) is 55.6 Å². The number of benzene rings is 2. The van der Waals surface area contributed by atoms with Gasteiger partial charge >= 0.3 is 0 Å². The van der Waals surface area contributed by atoms with E-state index in [9.17, 15) is 0 Å². The molecule has 2 heteroatoms. The van der Waals surface area contributed by atoms with Gasteiger partial charge in [-0.15, -0.1) is 0 Å². The van der Waals surface area contributed by atoms with Gasteiger partial charge in [0.25, 0.3) is 0 Å². The number of aromatic nitrogens is 1. The molecule has 33 heavy (non-hydrogen) atoms. The van der Waals surface area contributed by atoms with E-state index in [-0.39, 0.29) is 11.0 Å². The van der Waals surface area contributed by atoms with Crippen molar-refractivity contribution >= 4 is 24.2 Å². The average molecular weight is 459 g/mol. The van der Waals surface area contributed by atoms with Crippen LogP contribution in [0.3, 0.4) is 0 Å². The van der Waals surface area contributed by atoms with Gasteiger partial charge in [0.1, 0.15) is 0 Å². The Morgan fingerprint density at radius 3 is 2.06 bits per heavy atom. The number of aryl methyl sites for hydroxylation is 2. The highest BCUT2D eigenvalue weighted by molar-refractivity contribution is 6.93. The van der Waals surface area contributed by atoms with Crippen LogP contribution in [0.4, 0.5) is 0 Å². The van der Waals surface area contributed by atoms with Crippen LogP contribution >= 0.6 is 0 Å². The Kier molecular flexibility index (Phi) is 6.14. The lowest BCUT2D eigenvalue weighted by Gasteiger charge is -2.47. The molecule has 1 nitrogen and oxygen atoms in total. The number of pyridine rings is 1. The second-order valence-electron chi connectivity index (χ2n) is 11.0. The normalized spacial score (nSPS) is 22.3. The van der Waals surface area contributed by atoms with Gasteiger partial charge in [0, 0.05) is 30.9 Å². The molecule has 2 heterocycles. The van der Waals surface area contributed by atoms with Gasteiger partial charge in [0.15, 0.2) is 5.54 Å². The first kappa shape index (κ1) is 24.2. The van der Waals surface area contributed by atoms with Crippen molar-refractivity contribution in [2.45, 2.75) is 104 Å². The van der Waals surface area contributed by atoms with Crippen LogP contribution in [-0.2, 0) is 11.0 Å². The van der Waals surface area contributed by atoms with E-state index in [1.165, 1.54) is 51.4 Å². The third-order valence-electron chi connectivity index (χ3n) is 9.96. The fourth-order valence-electron chi connectivity index (χ4n) is 7.34. The molecule has 0 saturated heterocycles. The molecule has 0 fully saturated rings. The summed E-state index contributed by atoms with van der Waals surface area (Å²) in [6.07, 6.45) is 2.25. The molecule has 176 valence electrons. The molecular weight excluding hydrogens is 414 g/mol. The average Bonchev–Trinajstić information content (AvgIpc) is 2.82. The van der Waals surface area contributed by atoms with Gasteiger partial charge < -0.3 is 0 Å². The zero-order chi connectivity index (χ0) is 24.2. The summed E-state index contributed by atoms with van der Waals surface area (Å²) in [7, 11) is -1.51. The van der Waals surface area contributed by atoms with Crippen LogP contribution in [0, 0.1) is 13.8 Å². The lowest BCUT2D eigenvalue weighted by atomic mass is 9.59. The van der Waals surface area contributed by atoms with Crippen LogP contribution in [0.15, 0.2) is 42.5 Å². The van der Waals surface area contributed by atoms with Crippen molar-refractivity contribution in [2.75, 3.05) is 0 Å². The Bertz CT molecular complexity index is 1200. The molecule has 0 bridgehead atoms. The summed E-state index contributed by atoms with van der Waals surface area (Å²) in [5.74, 6) is 0. The zero-order valence-electron chi connectivity index (χ0n) is 22.5. The van der Waals surface area contributed by atoms with Crippen LogP contribution in [-0.4, -0.2) is 8.07 Å². The minimum Gasteiger partial charge on any atom is -0.185 e. The Morgan fingerprint density at radius 2 is 1.48 bits per heavy atom. The summed E-state index contributed by atoms with van der Waals surface area (Å²) in [5.41, 5.74) is 8.74. The first-order valence-electron chi connectivity index (χ1n) is 13.3. The molecule has 0 radical (unpaired) electrons. The van der Waals surface area contributed by atoms with Crippen LogP contribution < -0.4 is 9.75 Å². The molecule has 1 aliphatic rings. The van der Waals surface area contributed by atoms with E-state index in [4.69, 9.17) is 0 Å².